The van der Waals surface area contributed by atoms with Crippen molar-refractivity contribution in [1.29, 1.82) is 0 Å². The highest BCUT2D eigenvalue weighted by atomic mass is 16.5. The minimum Gasteiger partial charge on any atom is -0.491 e. The number of amides is 1. The summed E-state index contributed by atoms with van der Waals surface area (Å²) in [6, 6.07) is 6.86. The molecule has 1 amide bonds. The van der Waals surface area contributed by atoms with Crippen molar-refractivity contribution < 1.29 is 19.4 Å². The molecule has 0 aliphatic carbocycles. The second-order valence-corrected chi connectivity index (χ2v) is 8.10. The largest absolute Gasteiger partial charge is 0.491 e. The van der Waals surface area contributed by atoms with Crippen molar-refractivity contribution in [2.75, 3.05) is 19.1 Å². The summed E-state index contributed by atoms with van der Waals surface area (Å²) in [5.41, 5.74) is 1.75. The Morgan fingerprint density at radius 3 is 2.65 bits per heavy atom. The summed E-state index contributed by atoms with van der Waals surface area (Å²) in [6.07, 6.45) is 3.41. The average Bonchev–Trinajstić information content (AvgIpc) is 3.27. The van der Waals surface area contributed by atoms with Crippen molar-refractivity contribution in [2.45, 2.75) is 39.0 Å². The third-order valence-corrected chi connectivity index (χ3v) is 5.11. The normalized spacial score (nSPS) is 15.9. The Morgan fingerprint density at radius 2 is 1.97 bits per heavy atom. The molecule has 1 atom stereocenters. The fourth-order valence-corrected chi connectivity index (χ4v) is 3.70. The van der Waals surface area contributed by atoms with E-state index in [0.717, 1.165) is 5.56 Å². The van der Waals surface area contributed by atoms with Gasteiger partial charge in [-0.2, -0.15) is 5.10 Å². The Bertz CT molecular complexity index is 1140. The maximum atomic E-state index is 13.1. The van der Waals surface area contributed by atoms with Crippen molar-refractivity contribution >= 4 is 11.7 Å². The molecule has 0 saturated carbocycles. The van der Waals surface area contributed by atoms with Crippen LogP contribution in [0.15, 0.2) is 36.7 Å². The highest BCUT2D eigenvalue weighted by molar-refractivity contribution is 6.10. The Hall–Kier alpha value is -3.46. The predicted octanol–water partition coefficient (Wildman–Crippen LogP) is 2.85. The van der Waals surface area contributed by atoms with E-state index in [4.69, 9.17) is 14.5 Å². The van der Waals surface area contributed by atoms with Crippen LogP contribution < -0.4 is 14.4 Å². The van der Waals surface area contributed by atoms with Crippen LogP contribution in [0.25, 0.3) is 11.3 Å². The van der Waals surface area contributed by atoms with E-state index in [9.17, 15) is 9.90 Å². The minimum absolute atomic E-state index is 0.152. The van der Waals surface area contributed by atoms with Gasteiger partial charge in [-0.1, -0.05) is 0 Å². The Labute approximate surface area is 180 Å². The molecule has 9 heteroatoms. The summed E-state index contributed by atoms with van der Waals surface area (Å²) in [7, 11) is 3.08. The van der Waals surface area contributed by atoms with Crippen LogP contribution in [0.2, 0.25) is 0 Å². The van der Waals surface area contributed by atoms with Gasteiger partial charge in [-0.15, -0.1) is 0 Å². The maximum absolute atomic E-state index is 13.1. The maximum Gasteiger partial charge on any atom is 0.262 e. The van der Waals surface area contributed by atoms with Crippen molar-refractivity contribution in [3.8, 4) is 22.9 Å². The second-order valence-electron chi connectivity index (χ2n) is 8.10. The topological polar surface area (TPSA) is 103 Å². The van der Waals surface area contributed by atoms with E-state index in [2.05, 4.69) is 10.1 Å². The fourth-order valence-electron chi connectivity index (χ4n) is 3.70. The number of carbonyl (C=O) groups is 1. The van der Waals surface area contributed by atoms with E-state index in [-0.39, 0.29) is 11.9 Å². The van der Waals surface area contributed by atoms with Gasteiger partial charge < -0.3 is 14.6 Å². The third kappa shape index (κ3) is 3.84. The minimum atomic E-state index is -0.906. The molecule has 4 heterocycles. The lowest BCUT2D eigenvalue weighted by Gasteiger charge is -2.19. The van der Waals surface area contributed by atoms with Crippen molar-refractivity contribution in [2.24, 2.45) is 0 Å². The lowest BCUT2D eigenvalue weighted by molar-refractivity contribution is 0.0578. The molecule has 31 heavy (non-hydrogen) atoms. The van der Waals surface area contributed by atoms with Crippen LogP contribution >= 0.6 is 0 Å². The number of methoxy groups -OCH3 is 2. The first-order valence-electron chi connectivity index (χ1n) is 9.90. The highest BCUT2D eigenvalue weighted by Gasteiger charge is 2.38. The molecule has 9 nitrogen and oxygen atoms in total. The van der Waals surface area contributed by atoms with Crippen LogP contribution in [0.1, 0.15) is 42.9 Å². The molecule has 0 saturated heterocycles. The average molecular weight is 423 g/mol. The van der Waals surface area contributed by atoms with Gasteiger partial charge in [0.1, 0.15) is 0 Å². The number of ether oxygens (including phenoxy) is 2. The van der Waals surface area contributed by atoms with Crippen molar-refractivity contribution in [1.82, 2.24) is 19.7 Å². The van der Waals surface area contributed by atoms with Gasteiger partial charge in [0, 0.05) is 24.0 Å². The van der Waals surface area contributed by atoms with Gasteiger partial charge in [0.05, 0.1) is 49.4 Å². The first kappa shape index (κ1) is 20.8. The Morgan fingerprint density at radius 1 is 1.19 bits per heavy atom. The number of hydrogen-bond acceptors (Lipinski definition) is 7. The zero-order valence-corrected chi connectivity index (χ0v) is 18.2. The van der Waals surface area contributed by atoms with Crippen LogP contribution in [0.5, 0.6) is 11.6 Å². The molecule has 0 unspecified atom stereocenters. The zero-order valence-electron chi connectivity index (χ0n) is 18.2. The summed E-state index contributed by atoms with van der Waals surface area (Å²) < 4.78 is 12.2. The molecule has 0 aromatic carbocycles. The van der Waals surface area contributed by atoms with E-state index < -0.39 is 5.60 Å². The van der Waals surface area contributed by atoms with E-state index in [1.165, 1.54) is 7.11 Å². The molecule has 3 aromatic heterocycles. The number of nitrogens with zero attached hydrogens (tertiary/aromatic N) is 5. The zero-order chi connectivity index (χ0) is 22.3. The summed E-state index contributed by atoms with van der Waals surface area (Å²) >= 11 is 0. The van der Waals surface area contributed by atoms with Gasteiger partial charge in [-0.3, -0.25) is 14.4 Å². The fraction of sp³-hybridized carbons (Fsp3) is 0.364. The molecule has 1 aliphatic rings. The molecule has 0 radical (unpaired) electrons. The molecule has 0 spiro atoms. The van der Waals surface area contributed by atoms with Gasteiger partial charge in [0.2, 0.25) is 0 Å². The molecule has 4 rings (SSSR count). The van der Waals surface area contributed by atoms with Gasteiger partial charge in [-0.05, 0) is 39.0 Å². The first-order valence-corrected chi connectivity index (χ1v) is 9.90. The van der Waals surface area contributed by atoms with E-state index >= 15 is 0 Å². The predicted molar refractivity (Wildman–Crippen MR) is 114 cm³/mol. The molecule has 0 fully saturated rings. The quantitative estimate of drug-likeness (QED) is 0.650. The van der Waals surface area contributed by atoms with Crippen LogP contribution in [0, 0.1) is 0 Å². The molecule has 1 aliphatic heterocycles. The summed E-state index contributed by atoms with van der Waals surface area (Å²) in [5.74, 6) is 1.27. The number of carbonyl (C=O) groups excluding carboxylic acids is 1. The molecular formula is C22H25N5O4. The van der Waals surface area contributed by atoms with E-state index in [0.29, 0.717) is 40.9 Å². The number of anilines is 1. The molecule has 3 aromatic rings. The lowest BCUT2D eigenvalue weighted by atomic mass is 10.1. The molecule has 162 valence electrons. The van der Waals surface area contributed by atoms with Crippen LogP contribution in [0.4, 0.5) is 5.82 Å². The summed E-state index contributed by atoms with van der Waals surface area (Å²) in [6.45, 7) is 5.66. The second kappa shape index (κ2) is 7.66. The van der Waals surface area contributed by atoms with Crippen LogP contribution in [-0.2, 0) is 6.54 Å². The number of fused-ring (bicyclic) bond motifs is 1. The SMILES string of the molecule is COc1cc(-c2ccc3c(n2)[C@@H](C)N(c2ccn(CC(C)(C)O)n2)C3=O)cnc1OC. The van der Waals surface area contributed by atoms with Crippen molar-refractivity contribution in [3.63, 3.8) is 0 Å². The lowest BCUT2D eigenvalue weighted by Crippen LogP contribution is -2.28. The summed E-state index contributed by atoms with van der Waals surface area (Å²) in [4.78, 5) is 23.7. The first-order chi connectivity index (χ1) is 14.7. The van der Waals surface area contributed by atoms with Gasteiger partial charge >= 0.3 is 0 Å². The van der Waals surface area contributed by atoms with Gasteiger partial charge in [0.15, 0.2) is 11.6 Å². The Kier molecular flexibility index (Phi) is 5.14. The van der Waals surface area contributed by atoms with Crippen molar-refractivity contribution in [3.05, 3.63) is 47.9 Å². The number of aliphatic hydroxyl groups is 1. The summed E-state index contributed by atoms with van der Waals surface area (Å²) in [5, 5.41) is 14.5. The Balaban J connectivity index is 1.66. The molecule has 0 bridgehead atoms. The third-order valence-electron chi connectivity index (χ3n) is 5.11. The van der Waals surface area contributed by atoms with Gasteiger partial charge in [0.25, 0.3) is 11.8 Å². The monoisotopic (exact) mass is 423 g/mol. The number of hydrogen-bond donors (Lipinski definition) is 1. The number of aromatic nitrogens is 4. The van der Waals surface area contributed by atoms with Crippen LogP contribution in [-0.4, -0.2) is 50.6 Å². The number of rotatable bonds is 6. The standard InChI is InChI=1S/C22H25N5O4/c1-13-19-15(21(28)27(13)18-8-9-26(25-18)12-22(2,3)29)6-7-16(24-19)14-10-17(30-4)20(31-5)23-11-14/h6-11,13,29H,12H2,1-5H3/t13-/m1/s1. The highest BCUT2D eigenvalue weighted by Crippen LogP contribution is 2.37. The molecular weight excluding hydrogens is 398 g/mol. The van der Waals surface area contributed by atoms with E-state index in [1.54, 1.807) is 67.2 Å². The van der Waals surface area contributed by atoms with E-state index in [1.807, 2.05) is 6.92 Å². The molecule has 1 N–H and O–H groups in total. The van der Waals surface area contributed by atoms with Gasteiger partial charge in [-0.25, -0.2) is 9.97 Å². The number of pyridine rings is 2. The van der Waals surface area contributed by atoms with Crippen LogP contribution in [0.3, 0.4) is 0 Å². The smallest absolute Gasteiger partial charge is 0.262 e.